The van der Waals surface area contributed by atoms with E-state index in [4.69, 9.17) is 10.3 Å². The number of rotatable bonds is 7. The number of nitrogens with two attached hydrogens (primary N) is 1. The lowest BCUT2D eigenvalue weighted by atomic mass is 9.72. The van der Waals surface area contributed by atoms with Gasteiger partial charge < -0.3 is 10.3 Å². The Balaban J connectivity index is 1.91. The summed E-state index contributed by atoms with van der Waals surface area (Å²) in [6.07, 6.45) is 8.31. The van der Waals surface area contributed by atoms with Crippen LogP contribution in [-0.4, -0.2) is 21.9 Å². The van der Waals surface area contributed by atoms with Crippen LogP contribution < -0.4 is 5.73 Å². The van der Waals surface area contributed by atoms with Gasteiger partial charge in [-0.25, -0.2) is 0 Å². The van der Waals surface area contributed by atoms with Crippen LogP contribution in [0.4, 0.5) is 0 Å². The second kappa shape index (κ2) is 7.46. The molecule has 0 amide bonds. The molecule has 0 spiro atoms. The molecule has 5 heteroatoms. The van der Waals surface area contributed by atoms with E-state index in [-0.39, 0.29) is 5.41 Å². The van der Waals surface area contributed by atoms with Crippen LogP contribution in [0.15, 0.2) is 4.52 Å². The summed E-state index contributed by atoms with van der Waals surface area (Å²) in [6, 6.07) is 0. The van der Waals surface area contributed by atoms with Gasteiger partial charge in [-0.15, -0.1) is 0 Å². The predicted molar refractivity (Wildman–Crippen MR) is 83.6 cm³/mol. The molecule has 2 rings (SSSR count). The first-order chi connectivity index (χ1) is 9.67. The molecule has 0 bridgehead atoms. The molecule has 0 radical (unpaired) electrons. The van der Waals surface area contributed by atoms with Gasteiger partial charge >= 0.3 is 0 Å². The van der Waals surface area contributed by atoms with Gasteiger partial charge in [0.05, 0.1) is 5.75 Å². The van der Waals surface area contributed by atoms with Gasteiger partial charge in [0.2, 0.25) is 5.89 Å². The zero-order chi connectivity index (χ0) is 14.4. The summed E-state index contributed by atoms with van der Waals surface area (Å²) >= 11 is 1.88. The van der Waals surface area contributed by atoms with Crippen LogP contribution >= 0.6 is 11.8 Å². The first kappa shape index (κ1) is 15.8. The van der Waals surface area contributed by atoms with Gasteiger partial charge in [-0.1, -0.05) is 38.3 Å². The minimum Gasteiger partial charge on any atom is -0.339 e. The zero-order valence-electron chi connectivity index (χ0n) is 12.7. The molecule has 1 aliphatic rings. The van der Waals surface area contributed by atoms with E-state index in [2.05, 4.69) is 24.0 Å². The molecular weight excluding hydrogens is 270 g/mol. The fourth-order valence-corrected chi connectivity index (χ4v) is 3.62. The van der Waals surface area contributed by atoms with Crippen molar-refractivity contribution < 1.29 is 4.52 Å². The number of hydrogen-bond donors (Lipinski definition) is 1. The van der Waals surface area contributed by atoms with Gasteiger partial charge in [0, 0.05) is 11.7 Å². The van der Waals surface area contributed by atoms with Crippen LogP contribution in [0, 0.1) is 5.41 Å². The summed E-state index contributed by atoms with van der Waals surface area (Å²) in [5.41, 5.74) is 6.22. The summed E-state index contributed by atoms with van der Waals surface area (Å²) < 4.78 is 5.43. The van der Waals surface area contributed by atoms with E-state index in [9.17, 15) is 0 Å². The molecule has 1 aromatic heterocycles. The van der Waals surface area contributed by atoms with Crippen LogP contribution in [0.25, 0.3) is 0 Å². The van der Waals surface area contributed by atoms with Crippen LogP contribution in [0.2, 0.25) is 0 Å². The van der Waals surface area contributed by atoms with Crippen LogP contribution in [0.5, 0.6) is 0 Å². The maximum Gasteiger partial charge on any atom is 0.227 e. The van der Waals surface area contributed by atoms with E-state index in [0.29, 0.717) is 5.25 Å². The second-order valence-electron chi connectivity index (χ2n) is 6.08. The minimum atomic E-state index is 0.200. The van der Waals surface area contributed by atoms with Gasteiger partial charge in [-0.05, 0) is 31.2 Å². The third-order valence-electron chi connectivity index (χ3n) is 4.46. The first-order valence-electron chi connectivity index (χ1n) is 7.80. The Kier molecular flexibility index (Phi) is 5.90. The Morgan fingerprint density at radius 2 is 2.10 bits per heavy atom. The van der Waals surface area contributed by atoms with Gasteiger partial charge in [0.25, 0.3) is 0 Å². The van der Waals surface area contributed by atoms with E-state index in [0.717, 1.165) is 30.4 Å². The second-order valence-corrected chi connectivity index (χ2v) is 7.50. The van der Waals surface area contributed by atoms with Crippen molar-refractivity contribution in [2.24, 2.45) is 11.1 Å². The molecule has 20 heavy (non-hydrogen) atoms. The topological polar surface area (TPSA) is 64.9 Å². The highest BCUT2D eigenvalue weighted by Gasteiger charge is 2.32. The number of thioether (sulfide) groups is 1. The smallest absolute Gasteiger partial charge is 0.227 e. The predicted octanol–water partition coefficient (Wildman–Crippen LogP) is 3.55. The molecule has 4 nitrogen and oxygen atoms in total. The largest absolute Gasteiger partial charge is 0.339 e. The molecule has 114 valence electrons. The molecule has 1 atom stereocenters. The van der Waals surface area contributed by atoms with E-state index in [1.807, 2.05) is 11.8 Å². The molecule has 1 unspecified atom stereocenters. The molecule has 1 fully saturated rings. The zero-order valence-corrected chi connectivity index (χ0v) is 13.5. The van der Waals surface area contributed by atoms with Crippen molar-refractivity contribution in [1.82, 2.24) is 10.1 Å². The fourth-order valence-electron chi connectivity index (χ4n) is 2.83. The summed E-state index contributed by atoms with van der Waals surface area (Å²) in [4.78, 5) is 4.55. The number of hydrogen-bond acceptors (Lipinski definition) is 5. The summed E-state index contributed by atoms with van der Waals surface area (Å²) in [6.45, 7) is 5.16. The van der Waals surface area contributed by atoms with E-state index >= 15 is 0 Å². The standard InChI is InChI=1S/C15H27N3OS/c1-3-12(2)20-10-13-17-14(19-18-13)9-15(11-16)7-5-4-6-8-15/h12H,3-11,16H2,1-2H3. The van der Waals surface area contributed by atoms with Crippen molar-refractivity contribution in [1.29, 1.82) is 0 Å². The lowest BCUT2D eigenvalue weighted by molar-refractivity contribution is 0.177. The van der Waals surface area contributed by atoms with E-state index in [1.165, 1.54) is 38.5 Å². The molecule has 1 aromatic rings. The molecule has 1 saturated carbocycles. The van der Waals surface area contributed by atoms with Crippen molar-refractivity contribution in [2.75, 3.05) is 6.54 Å². The van der Waals surface area contributed by atoms with E-state index in [1.54, 1.807) is 0 Å². The summed E-state index contributed by atoms with van der Waals surface area (Å²) in [5, 5.41) is 4.75. The lowest BCUT2D eigenvalue weighted by Crippen LogP contribution is -2.35. The Morgan fingerprint density at radius 1 is 1.35 bits per heavy atom. The maximum atomic E-state index is 6.02. The van der Waals surface area contributed by atoms with Gasteiger partial charge in [0.15, 0.2) is 5.82 Å². The Hall–Kier alpha value is -0.550. The van der Waals surface area contributed by atoms with Crippen molar-refractivity contribution in [3.05, 3.63) is 11.7 Å². The normalized spacial score (nSPS) is 19.9. The molecule has 0 aromatic carbocycles. The Morgan fingerprint density at radius 3 is 2.75 bits per heavy atom. The Labute approximate surface area is 126 Å². The Bertz CT molecular complexity index is 402. The molecule has 2 N–H and O–H groups in total. The SMILES string of the molecule is CCC(C)SCc1noc(CC2(CN)CCCCC2)n1. The fraction of sp³-hybridized carbons (Fsp3) is 0.867. The average molecular weight is 297 g/mol. The quantitative estimate of drug-likeness (QED) is 0.833. The monoisotopic (exact) mass is 297 g/mol. The lowest BCUT2D eigenvalue weighted by Gasteiger charge is -2.34. The summed E-state index contributed by atoms with van der Waals surface area (Å²) in [5.74, 6) is 2.44. The molecule has 0 saturated heterocycles. The number of nitrogens with zero attached hydrogens (tertiary/aromatic N) is 2. The molecule has 1 aliphatic carbocycles. The van der Waals surface area contributed by atoms with Crippen LogP contribution in [0.1, 0.15) is 64.1 Å². The minimum absolute atomic E-state index is 0.200. The van der Waals surface area contributed by atoms with E-state index < -0.39 is 0 Å². The third kappa shape index (κ3) is 4.22. The highest BCUT2D eigenvalue weighted by molar-refractivity contribution is 7.99. The van der Waals surface area contributed by atoms with Crippen LogP contribution in [-0.2, 0) is 12.2 Å². The highest BCUT2D eigenvalue weighted by atomic mass is 32.2. The average Bonchev–Trinajstić information content (AvgIpc) is 2.93. The van der Waals surface area contributed by atoms with Gasteiger partial charge in [-0.2, -0.15) is 16.7 Å². The molecule has 1 heterocycles. The third-order valence-corrected chi connectivity index (χ3v) is 5.78. The highest BCUT2D eigenvalue weighted by Crippen LogP contribution is 2.38. The first-order valence-corrected chi connectivity index (χ1v) is 8.85. The molecular formula is C15H27N3OS. The summed E-state index contributed by atoms with van der Waals surface area (Å²) in [7, 11) is 0. The van der Waals surface area contributed by atoms with Crippen molar-refractivity contribution in [2.45, 2.75) is 69.8 Å². The number of aromatic nitrogens is 2. The van der Waals surface area contributed by atoms with Gasteiger partial charge in [-0.3, -0.25) is 0 Å². The van der Waals surface area contributed by atoms with Crippen molar-refractivity contribution >= 4 is 11.8 Å². The van der Waals surface area contributed by atoms with Crippen molar-refractivity contribution in [3.8, 4) is 0 Å². The maximum absolute atomic E-state index is 6.02. The van der Waals surface area contributed by atoms with Crippen LogP contribution in [0.3, 0.4) is 0 Å². The van der Waals surface area contributed by atoms with Gasteiger partial charge in [0.1, 0.15) is 0 Å². The van der Waals surface area contributed by atoms with Crippen molar-refractivity contribution in [3.63, 3.8) is 0 Å². The molecule has 0 aliphatic heterocycles.